The smallest absolute Gasteiger partial charge is 0.243 e. The molecule has 1 fully saturated rings. The van der Waals surface area contributed by atoms with Gasteiger partial charge in [0.05, 0.1) is 21.6 Å². The van der Waals surface area contributed by atoms with Crippen LogP contribution in [0.4, 0.5) is 5.69 Å². The van der Waals surface area contributed by atoms with Crippen LogP contribution in [0.15, 0.2) is 71.6 Å². The SMILES string of the molecule is CC(C(=O)Nc1ccccc1Cl)N1CCN(S(=O)(=O)c2ccc3ccccc3c2)CC1. The molecular formula is C23H24ClN3O3S. The quantitative estimate of drug-likeness (QED) is 0.632. The Morgan fingerprint density at radius 1 is 0.935 bits per heavy atom. The molecule has 1 aliphatic heterocycles. The first kappa shape index (κ1) is 21.8. The molecular weight excluding hydrogens is 434 g/mol. The number of nitrogens with one attached hydrogen (secondary N) is 1. The predicted molar refractivity (Wildman–Crippen MR) is 124 cm³/mol. The molecule has 8 heteroatoms. The van der Waals surface area contributed by atoms with Crippen molar-refractivity contribution in [3.8, 4) is 0 Å². The highest BCUT2D eigenvalue weighted by Gasteiger charge is 2.32. The summed E-state index contributed by atoms with van der Waals surface area (Å²) in [7, 11) is -3.59. The van der Waals surface area contributed by atoms with Crippen molar-refractivity contribution in [2.24, 2.45) is 0 Å². The van der Waals surface area contributed by atoms with E-state index in [0.29, 0.717) is 41.8 Å². The molecule has 0 spiro atoms. The first-order chi connectivity index (χ1) is 14.9. The monoisotopic (exact) mass is 457 g/mol. The zero-order valence-electron chi connectivity index (χ0n) is 17.2. The summed E-state index contributed by atoms with van der Waals surface area (Å²) < 4.78 is 27.8. The van der Waals surface area contributed by atoms with Gasteiger partial charge in [-0.1, -0.05) is 54.1 Å². The normalized spacial score (nSPS) is 16.8. The average Bonchev–Trinajstić information content (AvgIpc) is 2.79. The van der Waals surface area contributed by atoms with Gasteiger partial charge >= 0.3 is 0 Å². The van der Waals surface area contributed by atoms with Crippen molar-refractivity contribution >= 4 is 44.0 Å². The lowest BCUT2D eigenvalue weighted by atomic mass is 10.1. The first-order valence-corrected chi connectivity index (χ1v) is 12.0. The molecule has 0 saturated carbocycles. The molecule has 1 unspecified atom stereocenters. The van der Waals surface area contributed by atoms with Crippen molar-refractivity contribution in [3.63, 3.8) is 0 Å². The van der Waals surface area contributed by atoms with Crippen LogP contribution in [0.1, 0.15) is 6.92 Å². The number of carbonyl (C=O) groups excluding carboxylic acids is 1. The van der Waals surface area contributed by atoms with Crippen LogP contribution < -0.4 is 5.32 Å². The molecule has 3 aromatic carbocycles. The third kappa shape index (κ3) is 4.60. The van der Waals surface area contributed by atoms with Gasteiger partial charge in [0.15, 0.2) is 0 Å². The minimum atomic E-state index is -3.59. The number of halogens is 1. The second kappa shape index (κ2) is 8.96. The van der Waals surface area contributed by atoms with E-state index >= 15 is 0 Å². The summed E-state index contributed by atoms with van der Waals surface area (Å²) in [6, 6.07) is 19.6. The van der Waals surface area contributed by atoms with Gasteiger partial charge in [0.25, 0.3) is 0 Å². The minimum absolute atomic E-state index is 0.168. The van der Waals surface area contributed by atoms with Gasteiger partial charge in [-0.25, -0.2) is 8.42 Å². The molecule has 0 aromatic heterocycles. The molecule has 1 atom stereocenters. The number of rotatable bonds is 5. The van der Waals surface area contributed by atoms with Crippen molar-refractivity contribution in [2.45, 2.75) is 17.9 Å². The molecule has 1 heterocycles. The number of nitrogens with zero attached hydrogens (tertiary/aromatic N) is 2. The Labute approximate surface area is 187 Å². The Hall–Kier alpha value is -2.45. The summed E-state index contributed by atoms with van der Waals surface area (Å²) in [5.41, 5.74) is 0.568. The summed E-state index contributed by atoms with van der Waals surface area (Å²) in [4.78, 5) is 14.9. The van der Waals surface area contributed by atoms with Crippen LogP contribution in [0.2, 0.25) is 5.02 Å². The zero-order chi connectivity index (χ0) is 22.0. The van der Waals surface area contributed by atoms with E-state index in [4.69, 9.17) is 11.6 Å². The molecule has 1 amide bonds. The Morgan fingerprint density at radius 2 is 1.58 bits per heavy atom. The highest BCUT2D eigenvalue weighted by molar-refractivity contribution is 7.89. The lowest BCUT2D eigenvalue weighted by molar-refractivity contribution is -0.121. The average molecular weight is 458 g/mol. The molecule has 0 bridgehead atoms. The number of benzene rings is 3. The maximum absolute atomic E-state index is 13.1. The molecule has 0 radical (unpaired) electrons. The third-order valence-electron chi connectivity index (χ3n) is 5.69. The number of carbonyl (C=O) groups is 1. The van der Waals surface area contributed by atoms with Crippen LogP contribution >= 0.6 is 11.6 Å². The lowest BCUT2D eigenvalue weighted by Crippen LogP contribution is -2.53. The van der Waals surface area contributed by atoms with Crippen LogP contribution in [0.5, 0.6) is 0 Å². The van der Waals surface area contributed by atoms with Crippen molar-refractivity contribution in [1.29, 1.82) is 0 Å². The van der Waals surface area contributed by atoms with Gasteiger partial charge in [-0.15, -0.1) is 0 Å². The zero-order valence-corrected chi connectivity index (χ0v) is 18.7. The molecule has 6 nitrogen and oxygen atoms in total. The molecule has 3 aromatic rings. The minimum Gasteiger partial charge on any atom is -0.323 e. The fourth-order valence-electron chi connectivity index (χ4n) is 3.77. The van der Waals surface area contributed by atoms with Gasteiger partial charge in [-0.2, -0.15) is 4.31 Å². The van der Waals surface area contributed by atoms with Gasteiger partial charge in [0.2, 0.25) is 15.9 Å². The van der Waals surface area contributed by atoms with Crippen LogP contribution in [-0.2, 0) is 14.8 Å². The van der Waals surface area contributed by atoms with Crippen LogP contribution in [0.25, 0.3) is 10.8 Å². The summed E-state index contributed by atoms with van der Waals surface area (Å²) in [6.07, 6.45) is 0. The number of sulfonamides is 1. The van der Waals surface area contributed by atoms with E-state index in [9.17, 15) is 13.2 Å². The highest BCUT2D eigenvalue weighted by Crippen LogP contribution is 2.24. The van der Waals surface area contributed by atoms with Crippen molar-refractivity contribution < 1.29 is 13.2 Å². The van der Waals surface area contributed by atoms with E-state index in [-0.39, 0.29) is 5.91 Å². The Morgan fingerprint density at radius 3 is 2.29 bits per heavy atom. The number of anilines is 1. The Kier molecular flexibility index (Phi) is 6.29. The van der Waals surface area contributed by atoms with Gasteiger partial charge < -0.3 is 5.32 Å². The number of fused-ring (bicyclic) bond motifs is 1. The van der Waals surface area contributed by atoms with Crippen LogP contribution in [0.3, 0.4) is 0 Å². The highest BCUT2D eigenvalue weighted by atomic mass is 35.5. The second-order valence-corrected chi connectivity index (χ2v) is 9.94. The van der Waals surface area contributed by atoms with Crippen molar-refractivity contribution in [2.75, 3.05) is 31.5 Å². The van der Waals surface area contributed by atoms with E-state index in [2.05, 4.69) is 5.32 Å². The molecule has 0 aliphatic carbocycles. The number of hydrogen-bond donors (Lipinski definition) is 1. The van der Waals surface area contributed by atoms with Gasteiger partial charge in [-0.3, -0.25) is 9.69 Å². The maximum Gasteiger partial charge on any atom is 0.243 e. The summed E-state index contributed by atoms with van der Waals surface area (Å²) >= 11 is 6.12. The van der Waals surface area contributed by atoms with Gasteiger partial charge in [-0.05, 0) is 42.0 Å². The van der Waals surface area contributed by atoms with Crippen molar-refractivity contribution in [1.82, 2.24) is 9.21 Å². The van der Waals surface area contributed by atoms with E-state index in [1.165, 1.54) is 4.31 Å². The largest absolute Gasteiger partial charge is 0.323 e. The Balaban J connectivity index is 1.41. The summed E-state index contributed by atoms with van der Waals surface area (Å²) in [5.74, 6) is -0.168. The van der Waals surface area contributed by atoms with E-state index in [1.54, 1.807) is 30.3 Å². The third-order valence-corrected chi connectivity index (χ3v) is 7.92. The fraction of sp³-hybridized carbons (Fsp3) is 0.261. The summed E-state index contributed by atoms with van der Waals surface area (Å²) in [6.45, 7) is 3.44. The van der Waals surface area contributed by atoms with Gasteiger partial charge in [0.1, 0.15) is 0 Å². The van der Waals surface area contributed by atoms with Gasteiger partial charge in [0, 0.05) is 26.2 Å². The standard InChI is InChI=1S/C23H24ClN3O3S/c1-17(23(28)25-22-9-5-4-8-21(22)24)26-12-14-27(15-13-26)31(29,30)20-11-10-18-6-2-3-7-19(18)16-20/h2-11,16-17H,12-15H2,1H3,(H,25,28). The molecule has 31 heavy (non-hydrogen) atoms. The Bertz CT molecular complexity index is 1210. The maximum atomic E-state index is 13.1. The van der Waals surface area contributed by atoms with Crippen LogP contribution in [0, 0.1) is 0 Å². The van der Waals surface area contributed by atoms with E-state index in [1.807, 2.05) is 48.2 Å². The molecule has 1 aliphatic rings. The van der Waals surface area contributed by atoms with E-state index in [0.717, 1.165) is 10.8 Å². The first-order valence-electron chi connectivity index (χ1n) is 10.1. The van der Waals surface area contributed by atoms with Crippen LogP contribution in [-0.4, -0.2) is 55.8 Å². The molecule has 162 valence electrons. The predicted octanol–water partition coefficient (Wildman–Crippen LogP) is 3.83. The summed E-state index contributed by atoms with van der Waals surface area (Å²) in [5, 5.41) is 5.23. The fourth-order valence-corrected chi connectivity index (χ4v) is 5.41. The lowest BCUT2D eigenvalue weighted by Gasteiger charge is -2.36. The molecule has 4 rings (SSSR count). The number of hydrogen-bond acceptors (Lipinski definition) is 4. The van der Waals surface area contributed by atoms with Crippen molar-refractivity contribution in [3.05, 3.63) is 71.8 Å². The molecule has 1 N–H and O–H groups in total. The number of amides is 1. The second-order valence-electron chi connectivity index (χ2n) is 7.59. The molecule has 1 saturated heterocycles. The van der Waals surface area contributed by atoms with E-state index < -0.39 is 16.1 Å². The topological polar surface area (TPSA) is 69.7 Å². The number of para-hydroxylation sites is 1. The number of piperazine rings is 1.